The summed E-state index contributed by atoms with van der Waals surface area (Å²) in [6.07, 6.45) is 3.07. The van der Waals surface area contributed by atoms with Crippen LogP contribution in [0, 0.1) is 0 Å². The van der Waals surface area contributed by atoms with Crippen LogP contribution in [0.25, 0.3) is 0 Å². The highest BCUT2D eigenvalue weighted by molar-refractivity contribution is 5.52. The molecule has 15 heavy (non-hydrogen) atoms. The maximum atomic E-state index is 9.79. The molecular formula is C12H15NO2. The van der Waals surface area contributed by atoms with E-state index < -0.39 is 0 Å². The summed E-state index contributed by atoms with van der Waals surface area (Å²) >= 11 is 0. The molecule has 1 aromatic carbocycles. The van der Waals surface area contributed by atoms with Crippen molar-refractivity contribution in [3.8, 4) is 11.5 Å². The van der Waals surface area contributed by atoms with Crippen molar-refractivity contribution in [2.75, 3.05) is 6.54 Å². The van der Waals surface area contributed by atoms with Gasteiger partial charge in [-0.15, -0.1) is 0 Å². The van der Waals surface area contributed by atoms with Crippen LogP contribution < -0.4 is 5.32 Å². The van der Waals surface area contributed by atoms with Crippen molar-refractivity contribution < 1.29 is 10.2 Å². The van der Waals surface area contributed by atoms with Gasteiger partial charge < -0.3 is 15.5 Å². The van der Waals surface area contributed by atoms with Gasteiger partial charge in [0.1, 0.15) is 0 Å². The molecule has 3 N–H and O–H groups in total. The normalized spacial score (nSPS) is 28.5. The van der Waals surface area contributed by atoms with Crippen LogP contribution in [0.3, 0.4) is 0 Å². The van der Waals surface area contributed by atoms with Crippen LogP contribution in [0.2, 0.25) is 0 Å². The van der Waals surface area contributed by atoms with Crippen LogP contribution in [0.5, 0.6) is 11.5 Å². The molecule has 0 aromatic heterocycles. The van der Waals surface area contributed by atoms with Gasteiger partial charge in [-0.2, -0.15) is 0 Å². The number of phenolic OH excluding ortho intramolecular Hbond substituents is 2. The third-order valence-corrected chi connectivity index (χ3v) is 3.75. The highest BCUT2D eigenvalue weighted by atomic mass is 16.3. The maximum absolute atomic E-state index is 9.79. The zero-order valence-corrected chi connectivity index (χ0v) is 8.53. The lowest BCUT2D eigenvalue weighted by molar-refractivity contribution is 0.388. The second-order valence-corrected chi connectivity index (χ2v) is 4.50. The van der Waals surface area contributed by atoms with Crippen molar-refractivity contribution in [1.29, 1.82) is 0 Å². The summed E-state index contributed by atoms with van der Waals surface area (Å²) in [6.45, 7) is 1.07. The molecule has 1 aliphatic carbocycles. The summed E-state index contributed by atoms with van der Waals surface area (Å²) in [6, 6.07) is 4.14. The average molecular weight is 205 g/mol. The van der Waals surface area contributed by atoms with E-state index in [4.69, 9.17) is 0 Å². The number of aromatic hydroxyl groups is 2. The monoisotopic (exact) mass is 205 g/mol. The van der Waals surface area contributed by atoms with E-state index in [1.807, 2.05) is 6.07 Å². The van der Waals surface area contributed by atoms with Crippen molar-refractivity contribution in [2.24, 2.45) is 0 Å². The van der Waals surface area contributed by atoms with Crippen molar-refractivity contribution >= 4 is 0 Å². The van der Waals surface area contributed by atoms with E-state index in [1.165, 1.54) is 5.56 Å². The van der Waals surface area contributed by atoms with Crippen LogP contribution in [0.15, 0.2) is 12.1 Å². The quantitative estimate of drug-likeness (QED) is 0.562. The first-order valence-electron chi connectivity index (χ1n) is 5.54. The number of phenols is 2. The maximum Gasteiger partial charge on any atom is 0.160 e. The van der Waals surface area contributed by atoms with E-state index in [0.29, 0.717) is 12.0 Å². The first-order chi connectivity index (χ1) is 7.27. The number of benzene rings is 1. The third kappa shape index (κ3) is 1.23. The van der Waals surface area contributed by atoms with Crippen molar-refractivity contribution in [1.82, 2.24) is 5.32 Å². The molecule has 0 amide bonds. The second-order valence-electron chi connectivity index (χ2n) is 4.50. The highest BCUT2D eigenvalue weighted by Gasteiger charge is 2.34. The zero-order chi connectivity index (χ0) is 10.4. The molecule has 1 aliphatic heterocycles. The summed E-state index contributed by atoms with van der Waals surface area (Å²) in [5.74, 6) is 0.635. The van der Waals surface area contributed by atoms with Gasteiger partial charge in [0.15, 0.2) is 11.5 Å². The lowest BCUT2D eigenvalue weighted by Crippen LogP contribution is -2.30. The molecule has 0 saturated carbocycles. The van der Waals surface area contributed by atoms with Crippen LogP contribution >= 0.6 is 0 Å². The first-order valence-corrected chi connectivity index (χ1v) is 5.54. The van der Waals surface area contributed by atoms with Gasteiger partial charge in [0, 0.05) is 17.5 Å². The van der Waals surface area contributed by atoms with Gasteiger partial charge in [-0.3, -0.25) is 0 Å². The Morgan fingerprint density at radius 2 is 2.07 bits per heavy atom. The first kappa shape index (κ1) is 9.04. The molecule has 1 saturated heterocycles. The molecule has 3 rings (SSSR count). The molecule has 0 spiro atoms. The van der Waals surface area contributed by atoms with Crippen LogP contribution in [0.1, 0.15) is 29.9 Å². The van der Waals surface area contributed by atoms with Gasteiger partial charge in [-0.05, 0) is 37.4 Å². The fraction of sp³-hybridized carbons (Fsp3) is 0.500. The SMILES string of the molecule is Oc1ccc2c(c1O)CCC1NCC[C@H]21. The van der Waals surface area contributed by atoms with Gasteiger partial charge in [0.05, 0.1) is 0 Å². The Morgan fingerprint density at radius 1 is 1.20 bits per heavy atom. The summed E-state index contributed by atoms with van der Waals surface area (Å²) in [5.41, 5.74) is 2.19. The number of fused-ring (bicyclic) bond motifs is 3. The Morgan fingerprint density at radius 3 is 2.93 bits per heavy atom. The van der Waals surface area contributed by atoms with Gasteiger partial charge in [-0.25, -0.2) is 0 Å². The van der Waals surface area contributed by atoms with Crippen LogP contribution in [-0.2, 0) is 6.42 Å². The summed E-state index contributed by atoms with van der Waals surface area (Å²) in [7, 11) is 0. The van der Waals surface area contributed by atoms with Crippen molar-refractivity contribution in [2.45, 2.75) is 31.2 Å². The van der Waals surface area contributed by atoms with Gasteiger partial charge in [0.2, 0.25) is 0 Å². The van der Waals surface area contributed by atoms with Crippen LogP contribution in [0.4, 0.5) is 0 Å². The van der Waals surface area contributed by atoms with Crippen LogP contribution in [-0.4, -0.2) is 22.8 Å². The summed E-state index contributed by atoms with van der Waals surface area (Å²) in [5, 5.41) is 22.7. The largest absolute Gasteiger partial charge is 0.504 e. The van der Waals surface area contributed by atoms with Crippen molar-refractivity contribution in [3.63, 3.8) is 0 Å². The van der Waals surface area contributed by atoms with E-state index in [0.717, 1.165) is 31.4 Å². The second kappa shape index (κ2) is 3.14. The van der Waals surface area contributed by atoms with Crippen molar-refractivity contribution in [3.05, 3.63) is 23.3 Å². The predicted octanol–water partition coefficient (Wildman–Crippen LogP) is 1.49. The molecule has 1 unspecified atom stereocenters. The van der Waals surface area contributed by atoms with E-state index >= 15 is 0 Å². The number of rotatable bonds is 0. The van der Waals surface area contributed by atoms with Gasteiger partial charge in [-0.1, -0.05) is 6.07 Å². The highest BCUT2D eigenvalue weighted by Crippen LogP contribution is 2.43. The minimum atomic E-state index is 0.0122. The minimum absolute atomic E-state index is 0.0122. The molecule has 2 aliphatic rings. The molecular weight excluding hydrogens is 190 g/mol. The fourth-order valence-electron chi connectivity index (χ4n) is 2.99. The van der Waals surface area contributed by atoms with E-state index in [1.54, 1.807) is 6.07 Å². The zero-order valence-electron chi connectivity index (χ0n) is 8.53. The molecule has 1 aromatic rings. The summed E-state index contributed by atoms with van der Waals surface area (Å²) < 4.78 is 0. The summed E-state index contributed by atoms with van der Waals surface area (Å²) in [4.78, 5) is 0. The number of nitrogens with one attached hydrogen (secondary N) is 1. The Kier molecular flexibility index (Phi) is 1.89. The Hall–Kier alpha value is -1.22. The molecule has 80 valence electrons. The molecule has 0 bridgehead atoms. The topological polar surface area (TPSA) is 52.5 Å². The number of hydrogen-bond acceptors (Lipinski definition) is 3. The fourth-order valence-corrected chi connectivity index (χ4v) is 2.99. The lowest BCUT2D eigenvalue weighted by atomic mass is 9.79. The Labute approximate surface area is 88.7 Å². The Bertz CT molecular complexity index is 403. The lowest BCUT2D eigenvalue weighted by Gasteiger charge is -2.28. The standard InChI is InChI=1S/C12H15NO2/c14-11-4-2-7-8-5-6-13-10(8)3-1-9(7)12(11)15/h2,4,8,10,13-15H,1,3,5-6H2/t8-,10?/m1/s1. The minimum Gasteiger partial charge on any atom is -0.504 e. The average Bonchev–Trinajstić information content (AvgIpc) is 2.71. The van der Waals surface area contributed by atoms with Gasteiger partial charge >= 0.3 is 0 Å². The Balaban J connectivity index is 2.11. The predicted molar refractivity (Wildman–Crippen MR) is 57.2 cm³/mol. The van der Waals surface area contributed by atoms with Gasteiger partial charge in [0.25, 0.3) is 0 Å². The molecule has 1 heterocycles. The molecule has 3 heteroatoms. The molecule has 2 atom stereocenters. The van der Waals surface area contributed by atoms with E-state index in [2.05, 4.69) is 5.32 Å². The van der Waals surface area contributed by atoms with E-state index in [-0.39, 0.29) is 11.5 Å². The molecule has 0 radical (unpaired) electrons. The smallest absolute Gasteiger partial charge is 0.160 e. The van der Waals surface area contributed by atoms with E-state index in [9.17, 15) is 10.2 Å². The molecule has 1 fully saturated rings. The number of hydrogen-bond donors (Lipinski definition) is 3. The third-order valence-electron chi connectivity index (χ3n) is 3.75. The molecule has 3 nitrogen and oxygen atoms in total.